The van der Waals surface area contributed by atoms with E-state index in [2.05, 4.69) is 31.0 Å². The molecular weight excluding hydrogens is 969 g/mol. The molecule has 0 radical (unpaired) electrons. The second-order valence-electron chi connectivity index (χ2n) is 12.7. The van der Waals surface area contributed by atoms with Gasteiger partial charge in [0.25, 0.3) is 0 Å². The number of nitrogens with one attached hydrogen (secondary N) is 2. The Kier molecular flexibility index (Phi) is 16.3. The summed E-state index contributed by atoms with van der Waals surface area (Å²) in [6.45, 7) is 0. The molecule has 23 nitrogen and oxygen atoms in total. The van der Waals surface area contributed by atoms with Crippen LogP contribution in [0.1, 0.15) is 0 Å². The molecule has 0 saturated carbocycles. The minimum atomic E-state index is -5.33. The van der Waals surface area contributed by atoms with Gasteiger partial charge in [-0.15, -0.1) is 30.0 Å². The fraction of sp³-hybridized carbons (Fsp3) is 0. The standard InChI is InChI=1S/C33H22N8O15S4.4Na/c42-25-13-19(57(45,46)47)9-15-1-5-21-31(29(15)25)38-40(36-21)23-7-3-17(11-27(23)59(51,52)53)34-33(44)35-18-4-8-24(28(12-18)60(54,55)56)41-37-22-6-2-16-10-20(58(48,49)50)14-26(43)30(16)32(22)39-41;;;;/h1-14,42-43H,(H2,34,35,44)(H,45,46,47)(H,48,49,50)(H,51,52,53)(H,54,55,56);;;;/q;4*+1/p-4. The van der Waals surface area contributed by atoms with Crippen LogP contribution < -0.4 is 129 Å². The first-order chi connectivity index (χ1) is 28.0. The van der Waals surface area contributed by atoms with E-state index in [1.54, 1.807) is 0 Å². The largest absolute Gasteiger partial charge is 1.00 e. The molecule has 0 spiro atoms. The molecule has 2 aromatic heterocycles. The number of aromatic nitrogens is 6. The van der Waals surface area contributed by atoms with Crippen molar-refractivity contribution < 1.29 is 185 Å². The van der Waals surface area contributed by atoms with Crippen LogP contribution in [0.2, 0.25) is 0 Å². The van der Waals surface area contributed by atoms with Crippen LogP contribution in [-0.2, 0) is 40.5 Å². The smallest absolute Gasteiger partial charge is 0.744 e. The monoisotopic (exact) mass is 986 g/mol. The van der Waals surface area contributed by atoms with E-state index in [0.29, 0.717) is 12.1 Å². The first kappa shape index (κ1) is 53.8. The zero-order chi connectivity index (χ0) is 43.3. The molecule has 0 saturated heterocycles. The molecule has 0 bridgehead atoms. The van der Waals surface area contributed by atoms with Gasteiger partial charge in [0.15, 0.2) is 0 Å². The third kappa shape index (κ3) is 10.6. The summed E-state index contributed by atoms with van der Waals surface area (Å²) in [7, 11) is -20.6. The number of fused-ring (bicyclic) bond motifs is 6. The number of benzene rings is 6. The fourth-order valence-electron chi connectivity index (χ4n) is 6.29. The van der Waals surface area contributed by atoms with E-state index in [1.807, 2.05) is 0 Å². The summed E-state index contributed by atoms with van der Waals surface area (Å²) in [6, 6.07) is 13.5. The first-order valence-corrected chi connectivity index (χ1v) is 21.8. The summed E-state index contributed by atoms with van der Waals surface area (Å²) in [5.74, 6) is -1.31. The number of amides is 2. The van der Waals surface area contributed by atoms with Crippen molar-refractivity contribution in [3.63, 3.8) is 0 Å². The van der Waals surface area contributed by atoms with Crippen LogP contribution in [0.3, 0.4) is 0 Å². The maximum Gasteiger partial charge on any atom is 1.00 e. The third-order valence-electron chi connectivity index (χ3n) is 8.82. The van der Waals surface area contributed by atoms with Gasteiger partial charge in [0.05, 0.1) is 30.4 Å². The number of nitrogens with zero attached hydrogens (tertiary/aromatic N) is 6. The predicted octanol–water partition coefficient (Wildman–Crippen LogP) is -9.85. The molecule has 2 heterocycles. The van der Waals surface area contributed by atoms with E-state index < -0.39 is 89.0 Å². The molecule has 4 N–H and O–H groups in total. The molecule has 0 atom stereocenters. The van der Waals surface area contributed by atoms with Crippen molar-refractivity contribution in [2.24, 2.45) is 0 Å². The van der Waals surface area contributed by atoms with Gasteiger partial charge < -0.3 is 39.1 Å². The molecule has 2 amide bonds. The number of rotatable bonds is 8. The Morgan fingerprint density at radius 1 is 0.484 bits per heavy atom. The van der Waals surface area contributed by atoms with Crippen LogP contribution in [0.15, 0.2) is 105 Å². The van der Waals surface area contributed by atoms with E-state index in [-0.39, 0.29) is 173 Å². The molecule has 8 aromatic rings. The van der Waals surface area contributed by atoms with Gasteiger partial charge in [-0.2, -0.15) is 0 Å². The SMILES string of the molecule is O=C(Nc1ccc(-n2nc3ccc4cc(S(=O)(=O)[O-])cc(O)c4c3n2)c(S(=O)(=O)[O-])c1)Nc1ccc(-n2nc3ccc4cc(S(=O)(=O)[O-])cc(O)c4c3n2)c(S(=O)(=O)[O-])c1.[Na+].[Na+].[Na+].[Na+]. The Labute approximate surface area is 448 Å². The second-order valence-corrected chi connectivity index (χ2v) is 18.1. The number of phenols is 2. The maximum atomic E-state index is 13.0. The summed E-state index contributed by atoms with van der Waals surface area (Å²) in [5, 5.41) is 42.3. The van der Waals surface area contributed by atoms with E-state index in [9.17, 15) is 66.9 Å². The number of carbonyl (C=O) groups excluding carboxylic acids is 1. The molecule has 6 aromatic carbocycles. The molecule has 31 heteroatoms. The van der Waals surface area contributed by atoms with Gasteiger partial charge in [-0.3, -0.25) is 0 Å². The van der Waals surface area contributed by atoms with Gasteiger partial charge in [0.1, 0.15) is 85.4 Å². The number of phenolic OH excluding ortho intramolecular Hbond substituents is 2. The minimum absolute atomic E-state index is 0. The van der Waals surface area contributed by atoms with Crippen LogP contribution in [0.4, 0.5) is 16.2 Å². The molecule has 308 valence electrons. The molecule has 64 heavy (non-hydrogen) atoms. The molecule has 0 aliphatic carbocycles. The summed E-state index contributed by atoms with van der Waals surface area (Å²) in [4.78, 5) is 11.2. The quantitative estimate of drug-likeness (QED) is 0.0811. The van der Waals surface area contributed by atoms with Crippen LogP contribution >= 0.6 is 0 Å². The van der Waals surface area contributed by atoms with Gasteiger partial charge in [0, 0.05) is 11.4 Å². The third-order valence-corrected chi connectivity index (χ3v) is 12.2. The molecule has 0 aliphatic heterocycles. The van der Waals surface area contributed by atoms with Crippen LogP contribution in [0.5, 0.6) is 11.5 Å². The Morgan fingerprint density at radius 2 is 0.844 bits per heavy atom. The zero-order valence-corrected chi connectivity index (χ0v) is 44.4. The van der Waals surface area contributed by atoms with Gasteiger partial charge in [-0.05, 0) is 83.6 Å². The normalized spacial score (nSPS) is 11.9. The van der Waals surface area contributed by atoms with Crippen molar-refractivity contribution in [2.75, 3.05) is 10.6 Å². The summed E-state index contributed by atoms with van der Waals surface area (Å²) < 4.78 is 144. The van der Waals surface area contributed by atoms with Gasteiger partial charge in [0.2, 0.25) is 0 Å². The fourth-order valence-corrected chi connectivity index (χ4v) is 8.70. The predicted molar refractivity (Wildman–Crippen MR) is 201 cm³/mol. The van der Waals surface area contributed by atoms with Crippen LogP contribution in [-0.4, -0.2) is 98.1 Å². The average molecular weight is 987 g/mol. The van der Waals surface area contributed by atoms with Crippen molar-refractivity contribution in [1.29, 1.82) is 0 Å². The van der Waals surface area contributed by atoms with E-state index >= 15 is 0 Å². The average Bonchev–Trinajstić information content (AvgIpc) is 3.78. The first-order valence-electron chi connectivity index (χ1n) is 16.2. The van der Waals surface area contributed by atoms with Crippen molar-refractivity contribution in [3.8, 4) is 22.9 Å². The van der Waals surface area contributed by atoms with Crippen molar-refractivity contribution in [2.45, 2.75) is 19.6 Å². The molecular formula is C33H18N8Na4O15S4. The van der Waals surface area contributed by atoms with Gasteiger partial charge >= 0.3 is 124 Å². The Morgan fingerprint density at radius 3 is 1.17 bits per heavy atom. The van der Waals surface area contributed by atoms with Crippen LogP contribution in [0.25, 0.3) is 55.0 Å². The van der Waals surface area contributed by atoms with Crippen molar-refractivity contribution >= 4 is 101 Å². The maximum absolute atomic E-state index is 13.0. The molecule has 0 fully saturated rings. The van der Waals surface area contributed by atoms with Gasteiger partial charge in [-0.1, -0.05) is 12.1 Å². The second kappa shape index (κ2) is 19.4. The zero-order valence-electron chi connectivity index (χ0n) is 33.1. The summed E-state index contributed by atoms with van der Waals surface area (Å²) in [5.41, 5.74) is -1.43. The molecule has 0 aliphatic rings. The molecule has 0 unspecified atom stereocenters. The number of aromatic hydroxyl groups is 2. The molecule has 8 rings (SSSR count). The van der Waals surface area contributed by atoms with E-state index in [4.69, 9.17) is 0 Å². The number of carbonyl (C=O) groups is 1. The topological polar surface area (TPSA) is 372 Å². The number of hydrogen-bond acceptors (Lipinski definition) is 19. The van der Waals surface area contributed by atoms with Gasteiger partial charge in [-0.25, -0.2) is 38.5 Å². The van der Waals surface area contributed by atoms with E-state index in [1.165, 1.54) is 24.3 Å². The summed E-state index contributed by atoms with van der Waals surface area (Å²) in [6.07, 6.45) is 0. The Balaban J connectivity index is 0.00000224. The Hall–Kier alpha value is -2.85. The number of urea groups is 1. The number of hydrogen-bond donors (Lipinski definition) is 4. The Bertz CT molecular complexity index is 3450. The van der Waals surface area contributed by atoms with Crippen molar-refractivity contribution in [3.05, 3.63) is 84.9 Å². The number of anilines is 2. The van der Waals surface area contributed by atoms with Crippen molar-refractivity contribution in [1.82, 2.24) is 30.0 Å². The van der Waals surface area contributed by atoms with Crippen LogP contribution in [0, 0.1) is 0 Å². The summed E-state index contributed by atoms with van der Waals surface area (Å²) >= 11 is 0. The van der Waals surface area contributed by atoms with E-state index in [0.717, 1.165) is 58.1 Å². The minimum Gasteiger partial charge on any atom is -0.744 e.